The average molecular weight is 481 g/mol. The summed E-state index contributed by atoms with van der Waals surface area (Å²) in [6, 6.07) is 6.19. The van der Waals surface area contributed by atoms with E-state index in [1.54, 1.807) is 6.07 Å². The summed E-state index contributed by atoms with van der Waals surface area (Å²) in [5.41, 5.74) is -1.30. The van der Waals surface area contributed by atoms with Crippen LogP contribution < -0.4 is 20.1 Å². The van der Waals surface area contributed by atoms with Crippen molar-refractivity contribution in [1.82, 2.24) is 5.32 Å². The Balaban J connectivity index is 1.77. The van der Waals surface area contributed by atoms with Gasteiger partial charge < -0.3 is 20.1 Å². The smallest absolute Gasteiger partial charge is 0.416 e. The van der Waals surface area contributed by atoms with Crippen LogP contribution in [0.3, 0.4) is 0 Å². The van der Waals surface area contributed by atoms with E-state index in [1.807, 2.05) is 26.0 Å². The molecule has 2 N–H and O–H groups in total. The number of benzene rings is 2. The third-order valence-electron chi connectivity index (χ3n) is 5.38. The number of ether oxygens (including phenoxy) is 2. The molecule has 0 unspecified atom stereocenters. The van der Waals surface area contributed by atoms with Gasteiger partial charge in [0.05, 0.1) is 29.7 Å². The molecule has 0 radical (unpaired) electrons. The van der Waals surface area contributed by atoms with Crippen LogP contribution in [0.4, 0.5) is 24.5 Å². The van der Waals surface area contributed by atoms with Crippen molar-refractivity contribution in [3.63, 3.8) is 0 Å². The van der Waals surface area contributed by atoms with Crippen LogP contribution in [-0.2, 0) is 11.0 Å². The number of carbonyl (C=O) groups is 1. The van der Waals surface area contributed by atoms with Crippen molar-refractivity contribution >= 4 is 17.3 Å². The number of amides is 1. The van der Waals surface area contributed by atoms with Crippen LogP contribution in [0.25, 0.3) is 0 Å². The maximum atomic E-state index is 12.9. The number of alkyl halides is 3. The lowest BCUT2D eigenvalue weighted by Gasteiger charge is -2.26. The molecule has 3 rings (SSSR count). The van der Waals surface area contributed by atoms with Crippen molar-refractivity contribution in [1.29, 1.82) is 0 Å². The molecule has 0 aliphatic carbocycles. The average Bonchev–Trinajstić information content (AvgIpc) is 3.01. The molecule has 2 aromatic rings. The second-order valence-electron chi connectivity index (χ2n) is 8.34. The summed E-state index contributed by atoms with van der Waals surface area (Å²) in [7, 11) is 0. The van der Waals surface area contributed by atoms with Gasteiger partial charge in [0.1, 0.15) is 11.7 Å². The van der Waals surface area contributed by atoms with Gasteiger partial charge in [-0.1, -0.05) is 19.9 Å². The van der Waals surface area contributed by atoms with E-state index in [1.165, 1.54) is 6.92 Å². The quantitative estimate of drug-likeness (QED) is 0.422. The highest BCUT2D eigenvalue weighted by Gasteiger charge is 2.33. The first-order chi connectivity index (χ1) is 16.0. The molecule has 1 aliphatic rings. The Hall–Kier alpha value is -3.50. The number of hydrogen-bond acceptors (Lipinski definition) is 6. The molecule has 0 bridgehead atoms. The van der Waals surface area contributed by atoms with Gasteiger partial charge in [0.25, 0.3) is 5.69 Å². The van der Waals surface area contributed by atoms with Crippen LogP contribution in [0.5, 0.6) is 11.5 Å². The molecule has 34 heavy (non-hydrogen) atoms. The fourth-order valence-corrected chi connectivity index (χ4v) is 3.57. The standard InChI is InChI=1S/C23H26F3N3O5/c1-13(2)21(15-5-8-19-20(11-15)34-10-4-9-33-19)28-22(30)14(3)27-17-7-6-16(23(24,25)26)12-18(17)29(31)32/h5-8,11-14,21,27H,4,9-10H2,1-3H3,(H,28,30)/t14-,21+/m0/s1. The lowest BCUT2D eigenvalue weighted by Crippen LogP contribution is -2.41. The number of anilines is 1. The predicted octanol–water partition coefficient (Wildman–Crippen LogP) is 5.09. The molecule has 8 nitrogen and oxygen atoms in total. The van der Waals surface area contributed by atoms with Crippen molar-refractivity contribution in [2.24, 2.45) is 5.92 Å². The third-order valence-corrected chi connectivity index (χ3v) is 5.38. The lowest BCUT2D eigenvalue weighted by atomic mass is 9.95. The summed E-state index contributed by atoms with van der Waals surface area (Å²) < 4.78 is 50.2. The maximum absolute atomic E-state index is 12.9. The Morgan fingerprint density at radius 1 is 1.06 bits per heavy atom. The minimum atomic E-state index is -4.72. The SMILES string of the molecule is CC(C)[C@@H](NC(=O)[C@H](C)Nc1ccc(C(F)(F)F)cc1[N+](=O)[O-])c1ccc2c(c1)OCCCO2. The second-order valence-corrected chi connectivity index (χ2v) is 8.34. The molecule has 0 fully saturated rings. The van der Waals surface area contributed by atoms with Gasteiger partial charge >= 0.3 is 6.18 Å². The molecule has 1 amide bonds. The van der Waals surface area contributed by atoms with Gasteiger partial charge in [0.2, 0.25) is 5.91 Å². The maximum Gasteiger partial charge on any atom is 0.416 e. The minimum absolute atomic E-state index is 0.0127. The van der Waals surface area contributed by atoms with E-state index in [2.05, 4.69) is 10.6 Å². The molecule has 1 aliphatic heterocycles. The van der Waals surface area contributed by atoms with Gasteiger partial charge in [-0.25, -0.2) is 0 Å². The van der Waals surface area contributed by atoms with Crippen LogP contribution in [0.15, 0.2) is 36.4 Å². The lowest BCUT2D eigenvalue weighted by molar-refractivity contribution is -0.384. The number of fused-ring (bicyclic) bond motifs is 1. The molecule has 0 aromatic heterocycles. The van der Waals surface area contributed by atoms with E-state index in [4.69, 9.17) is 9.47 Å². The van der Waals surface area contributed by atoms with Gasteiger partial charge in [-0.3, -0.25) is 14.9 Å². The number of nitrogens with zero attached hydrogens (tertiary/aromatic N) is 1. The fourth-order valence-electron chi connectivity index (χ4n) is 3.57. The summed E-state index contributed by atoms with van der Waals surface area (Å²) in [6.07, 6.45) is -3.97. The monoisotopic (exact) mass is 481 g/mol. The van der Waals surface area contributed by atoms with Crippen LogP contribution >= 0.6 is 0 Å². The van der Waals surface area contributed by atoms with Crippen molar-refractivity contribution in [2.75, 3.05) is 18.5 Å². The number of nitrogens with one attached hydrogen (secondary N) is 2. The van der Waals surface area contributed by atoms with Crippen molar-refractivity contribution in [2.45, 2.75) is 45.5 Å². The predicted molar refractivity (Wildman–Crippen MR) is 119 cm³/mol. The van der Waals surface area contributed by atoms with Crippen molar-refractivity contribution < 1.29 is 32.4 Å². The van der Waals surface area contributed by atoms with E-state index in [-0.39, 0.29) is 11.6 Å². The molecule has 2 aromatic carbocycles. The topological polar surface area (TPSA) is 103 Å². The van der Waals surface area contributed by atoms with Crippen LogP contribution in [-0.4, -0.2) is 30.1 Å². The zero-order valence-electron chi connectivity index (χ0n) is 18.9. The minimum Gasteiger partial charge on any atom is -0.490 e. The Labute approximate surface area is 194 Å². The molecule has 0 saturated heterocycles. The first-order valence-electron chi connectivity index (χ1n) is 10.8. The van der Waals surface area contributed by atoms with E-state index in [0.717, 1.165) is 24.1 Å². The number of carbonyl (C=O) groups excluding carboxylic acids is 1. The van der Waals surface area contributed by atoms with E-state index in [0.29, 0.717) is 30.8 Å². The summed E-state index contributed by atoms with van der Waals surface area (Å²) in [5.74, 6) is 0.725. The Morgan fingerprint density at radius 2 is 1.74 bits per heavy atom. The number of halogens is 3. The summed E-state index contributed by atoms with van der Waals surface area (Å²) in [6.45, 7) is 6.39. The number of nitro groups is 1. The largest absolute Gasteiger partial charge is 0.490 e. The molecule has 1 heterocycles. The highest BCUT2D eigenvalue weighted by atomic mass is 19.4. The summed E-state index contributed by atoms with van der Waals surface area (Å²) in [5, 5.41) is 16.9. The number of hydrogen-bond donors (Lipinski definition) is 2. The zero-order chi connectivity index (χ0) is 25.0. The Bertz CT molecular complexity index is 1060. The van der Waals surface area contributed by atoms with E-state index < -0.39 is 40.3 Å². The van der Waals surface area contributed by atoms with E-state index in [9.17, 15) is 28.1 Å². The summed E-state index contributed by atoms with van der Waals surface area (Å²) in [4.78, 5) is 23.3. The van der Waals surface area contributed by atoms with Crippen LogP contribution in [0, 0.1) is 16.0 Å². The number of rotatable bonds is 7. The third kappa shape index (κ3) is 5.89. The molecule has 11 heteroatoms. The molecule has 0 spiro atoms. The first-order valence-corrected chi connectivity index (χ1v) is 10.8. The van der Waals surface area contributed by atoms with Crippen molar-refractivity contribution in [3.05, 3.63) is 57.6 Å². The molecule has 184 valence electrons. The Morgan fingerprint density at radius 3 is 2.35 bits per heavy atom. The van der Waals surface area contributed by atoms with Gasteiger partial charge in [-0.15, -0.1) is 0 Å². The van der Waals surface area contributed by atoms with Crippen LogP contribution in [0.2, 0.25) is 0 Å². The van der Waals surface area contributed by atoms with Gasteiger partial charge in [-0.2, -0.15) is 13.2 Å². The normalized spacial score (nSPS) is 15.3. The highest BCUT2D eigenvalue weighted by Crippen LogP contribution is 2.36. The number of nitro benzene ring substituents is 1. The zero-order valence-corrected chi connectivity index (χ0v) is 18.9. The first kappa shape index (κ1) is 25.1. The van der Waals surface area contributed by atoms with Gasteiger partial charge in [0.15, 0.2) is 11.5 Å². The second kappa shape index (κ2) is 10.2. The fraction of sp³-hybridized carbons (Fsp3) is 0.435. The van der Waals surface area contributed by atoms with E-state index >= 15 is 0 Å². The molecule has 0 saturated carbocycles. The van der Waals surface area contributed by atoms with Gasteiger partial charge in [-0.05, 0) is 42.7 Å². The van der Waals surface area contributed by atoms with Gasteiger partial charge in [0, 0.05) is 12.5 Å². The molecular formula is C23H26F3N3O5. The van der Waals surface area contributed by atoms with Crippen molar-refractivity contribution in [3.8, 4) is 11.5 Å². The summed E-state index contributed by atoms with van der Waals surface area (Å²) >= 11 is 0. The molecular weight excluding hydrogens is 455 g/mol. The molecule has 2 atom stereocenters. The Kier molecular flexibility index (Phi) is 7.53. The highest BCUT2D eigenvalue weighted by molar-refractivity contribution is 5.85. The van der Waals surface area contributed by atoms with Crippen LogP contribution in [0.1, 0.15) is 44.4 Å².